The van der Waals surface area contributed by atoms with Crippen molar-refractivity contribution in [1.29, 1.82) is 0 Å². The van der Waals surface area contributed by atoms with E-state index in [1.807, 2.05) is 42.5 Å². The smallest absolute Gasteiger partial charge is 0.230 e. The van der Waals surface area contributed by atoms with Gasteiger partial charge in [-0.1, -0.05) is 53.5 Å². The molecule has 2 aromatic carbocycles. The van der Waals surface area contributed by atoms with Crippen LogP contribution >= 0.6 is 34.5 Å². The maximum absolute atomic E-state index is 12.1. The number of aromatic nitrogens is 1. The van der Waals surface area contributed by atoms with Crippen LogP contribution in [-0.4, -0.2) is 10.9 Å². The van der Waals surface area contributed by atoms with E-state index in [0.717, 1.165) is 27.4 Å². The Bertz CT molecular complexity index is 846. The lowest BCUT2D eigenvalue weighted by Crippen LogP contribution is -2.14. The zero-order chi connectivity index (χ0) is 16.9. The fraction of sp³-hybridized carbons (Fsp3) is 0.111. The molecule has 1 N–H and O–H groups in total. The number of nitrogens with one attached hydrogen (secondary N) is 1. The highest BCUT2D eigenvalue weighted by Crippen LogP contribution is 2.23. The summed E-state index contributed by atoms with van der Waals surface area (Å²) in [7, 11) is 0. The SMILES string of the molecule is O=C(Cc1ccccc1Cl)Nc1ncc(Cc2ccc(Cl)cc2)s1. The number of carbonyl (C=O) groups excluding carboxylic acids is 1. The fourth-order valence-electron chi connectivity index (χ4n) is 2.23. The zero-order valence-corrected chi connectivity index (χ0v) is 15.0. The molecular weight excluding hydrogens is 363 g/mol. The van der Waals surface area contributed by atoms with Gasteiger partial charge in [-0.05, 0) is 29.3 Å². The number of carbonyl (C=O) groups is 1. The molecule has 0 saturated heterocycles. The van der Waals surface area contributed by atoms with E-state index in [9.17, 15) is 4.79 Å². The standard InChI is InChI=1S/C18H14Cl2N2OS/c19-14-7-5-12(6-8-14)9-15-11-21-18(24-15)22-17(23)10-13-3-1-2-4-16(13)20/h1-8,11H,9-10H2,(H,21,22,23). The van der Waals surface area contributed by atoms with E-state index in [4.69, 9.17) is 23.2 Å². The molecular formula is C18H14Cl2N2OS. The molecule has 0 spiro atoms. The van der Waals surface area contributed by atoms with Crippen molar-refractivity contribution in [3.05, 3.63) is 80.8 Å². The third-order valence-electron chi connectivity index (χ3n) is 3.40. The van der Waals surface area contributed by atoms with Crippen LogP contribution in [-0.2, 0) is 17.6 Å². The number of anilines is 1. The maximum atomic E-state index is 12.1. The summed E-state index contributed by atoms with van der Waals surface area (Å²) in [5.41, 5.74) is 1.95. The summed E-state index contributed by atoms with van der Waals surface area (Å²) in [5.74, 6) is -0.129. The second kappa shape index (κ2) is 7.79. The van der Waals surface area contributed by atoms with Crippen molar-refractivity contribution < 1.29 is 4.79 Å². The van der Waals surface area contributed by atoms with E-state index in [1.54, 1.807) is 12.3 Å². The van der Waals surface area contributed by atoms with Crippen molar-refractivity contribution in [2.45, 2.75) is 12.8 Å². The van der Waals surface area contributed by atoms with Crippen molar-refractivity contribution in [3.63, 3.8) is 0 Å². The largest absolute Gasteiger partial charge is 0.302 e. The van der Waals surface area contributed by atoms with Crippen molar-refractivity contribution in [1.82, 2.24) is 4.98 Å². The molecule has 0 unspecified atom stereocenters. The van der Waals surface area contributed by atoms with Crippen LogP contribution in [0.25, 0.3) is 0 Å². The molecule has 0 atom stereocenters. The number of thiazole rings is 1. The summed E-state index contributed by atoms with van der Waals surface area (Å²) in [4.78, 5) is 17.5. The Morgan fingerprint density at radius 2 is 1.83 bits per heavy atom. The predicted octanol–water partition coefficient (Wildman–Crippen LogP) is 5.22. The third kappa shape index (κ3) is 4.57. The number of nitrogens with zero attached hydrogens (tertiary/aromatic N) is 1. The van der Waals surface area contributed by atoms with Gasteiger partial charge in [0.1, 0.15) is 0 Å². The van der Waals surface area contributed by atoms with E-state index in [-0.39, 0.29) is 12.3 Å². The van der Waals surface area contributed by atoms with Gasteiger partial charge in [-0.2, -0.15) is 0 Å². The molecule has 1 amide bonds. The number of hydrogen-bond donors (Lipinski definition) is 1. The number of amides is 1. The van der Waals surface area contributed by atoms with Gasteiger partial charge in [0, 0.05) is 27.5 Å². The van der Waals surface area contributed by atoms with E-state index >= 15 is 0 Å². The molecule has 1 heterocycles. The van der Waals surface area contributed by atoms with Gasteiger partial charge in [0.25, 0.3) is 0 Å². The molecule has 3 nitrogen and oxygen atoms in total. The minimum absolute atomic E-state index is 0.129. The molecule has 0 saturated carbocycles. The van der Waals surface area contributed by atoms with Crippen molar-refractivity contribution in [2.75, 3.05) is 5.32 Å². The Morgan fingerprint density at radius 1 is 1.08 bits per heavy atom. The predicted molar refractivity (Wildman–Crippen MR) is 100 cm³/mol. The van der Waals surface area contributed by atoms with Crippen LogP contribution in [0.3, 0.4) is 0 Å². The third-order valence-corrected chi connectivity index (χ3v) is 4.93. The normalized spacial score (nSPS) is 10.6. The molecule has 0 radical (unpaired) electrons. The van der Waals surface area contributed by atoms with Crippen LogP contribution in [0.5, 0.6) is 0 Å². The van der Waals surface area contributed by atoms with Crippen LogP contribution in [0.4, 0.5) is 5.13 Å². The van der Waals surface area contributed by atoms with Crippen LogP contribution in [0.15, 0.2) is 54.7 Å². The number of rotatable bonds is 5. The van der Waals surface area contributed by atoms with Crippen molar-refractivity contribution in [2.24, 2.45) is 0 Å². The molecule has 6 heteroatoms. The lowest BCUT2D eigenvalue weighted by Gasteiger charge is -2.03. The Morgan fingerprint density at radius 3 is 2.58 bits per heavy atom. The molecule has 3 aromatic rings. The lowest BCUT2D eigenvalue weighted by atomic mass is 10.1. The van der Waals surface area contributed by atoms with Gasteiger partial charge in [0.15, 0.2) is 5.13 Å². The Kier molecular flexibility index (Phi) is 5.51. The molecule has 24 heavy (non-hydrogen) atoms. The summed E-state index contributed by atoms with van der Waals surface area (Å²) < 4.78 is 0. The quantitative estimate of drug-likeness (QED) is 0.662. The summed E-state index contributed by atoms with van der Waals surface area (Å²) >= 11 is 13.4. The summed E-state index contributed by atoms with van der Waals surface area (Å²) in [6.07, 6.45) is 2.77. The van der Waals surface area contributed by atoms with Gasteiger partial charge in [-0.15, -0.1) is 11.3 Å². The highest BCUT2D eigenvalue weighted by Gasteiger charge is 2.10. The average Bonchev–Trinajstić information content (AvgIpc) is 2.99. The highest BCUT2D eigenvalue weighted by molar-refractivity contribution is 7.15. The van der Waals surface area contributed by atoms with Gasteiger partial charge in [-0.25, -0.2) is 4.98 Å². The lowest BCUT2D eigenvalue weighted by molar-refractivity contribution is -0.115. The van der Waals surface area contributed by atoms with Crippen molar-refractivity contribution >= 4 is 45.6 Å². The first kappa shape index (κ1) is 17.0. The van der Waals surface area contributed by atoms with Gasteiger partial charge in [0.05, 0.1) is 6.42 Å². The maximum Gasteiger partial charge on any atom is 0.230 e. The molecule has 122 valence electrons. The fourth-order valence-corrected chi connectivity index (χ4v) is 3.42. The molecule has 0 bridgehead atoms. The van der Waals surface area contributed by atoms with E-state index in [2.05, 4.69) is 10.3 Å². The minimum atomic E-state index is -0.129. The summed E-state index contributed by atoms with van der Waals surface area (Å²) in [5, 5.41) is 4.73. The summed E-state index contributed by atoms with van der Waals surface area (Å²) in [6, 6.07) is 15.0. The van der Waals surface area contributed by atoms with Crippen LogP contribution < -0.4 is 5.32 Å². The Hall–Kier alpha value is -1.88. The average molecular weight is 377 g/mol. The molecule has 0 aliphatic heterocycles. The Balaban J connectivity index is 1.60. The van der Waals surface area contributed by atoms with E-state index in [0.29, 0.717) is 10.2 Å². The number of hydrogen-bond acceptors (Lipinski definition) is 3. The Labute approximate surface area is 154 Å². The first-order chi connectivity index (χ1) is 11.6. The molecule has 0 aliphatic rings. The van der Waals surface area contributed by atoms with Crippen LogP contribution in [0.2, 0.25) is 10.0 Å². The van der Waals surface area contributed by atoms with Crippen LogP contribution in [0, 0.1) is 0 Å². The first-order valence-electron chi connectivity index (χ1n) is 7.32. The topological polar surface area (TPSA) is 42.0 Å². The van der Waals surface area contributed by atoms with E-state index in [1.165, 1.54) is 11.3 Å². The second-order valence-corrected chi connectivity index (χ2v) is 7.21. The molecule has 0 aliphatic carbocycles. The molecule has 3 rings (SSSR count). The number of halogens is 2. The zero-order valence-electron chi connectivity index (χ0n) is 12.6. The van der Waals surface area contributed by atoms with Crippen molar-refractivity contribution in [3.8, 4) is 0 Å². The van der Waals surface area contributed by atoms with Gasteiger partial charge >= 0.3 is 0 Å². The number of benzene rings is 2. The minimum Gasteiger partial charge on any atom is -0.302 e. The van der Waals surface area contributed by atoms with Crippen LogP contribution in [0.1, 0.15) is 16.0 Å². The van der Waals surface area contributed by atoms with Gasteiger partial charge < -0.3 is 5.32 Å². The second-order valence-electron chi connectivity index (χ2n) is 5.25. The van der Waals surface area contributed by atoms with Gasteiger partial charge in [0.2, 0.25) is 5.91 Å². The van der Waals surface area contributed by atoms with E-state index < -0.39 is 0 Å². The monoisotopic (exact) mass is 376 g/mol. The first-order valence-corrected chi connectivity index (χ1v) is 8.90. The van der Waals surface area contributed by atoms with Gasteiger partial charge in [-0.3, -0.25) is 4.79 Å². The molecule has 0 fully saturated rings. The summed E-state index contributed by atoms with van der Waals surface area (Å²) in [6.45, 7) is 0. The highest BCUT2D eigenvalue weighted by atomic mass is 35.5. The molecule has 1 aromatic heterocycles.